The number of carbonyl (C=O) groups excluding carboxylic acids is 1. The smallest absolute Gasteiger partial charge is 0.292 e. The maximum absolute atomic E-state index is 12.1. The van der Waals surface area contributed by atoms with Crippen molar-refractivity contribution in [1.82, 2.24) is 5.32 Å². The molecule has 2 rings (SSSR count). The molecular formula is C14H19N3O4. The Balaban J connectivity index is 2.07. The van der Waals surface area contributed by atoms with Crippen LogP contribution >= 0.6 is 0 Å². The molecular weight excluding hydrogens is 274 g/mol. The van der Waals surface area contributed by atoms with Crippen LogP contribution in [0.5, 0.6) is 0 Å². The van der Waals surface area contributed by atoms with Gasteiger partial charge in [0.05, 0.1) is 10.5 Å². The van der Waals surface area contributed by atoms with Crippen molar-refractivity contribution in [2.24, 2.45) is 0 Å². The molecule has 7 heteroatoms. The zero-order valence-corrected chi connectivity index (χ0v) is 12.1. The minimum Gasteiger partial charge on any atom is -0.383 e. The third-order valence-electron chi connectivity index (χ3n) is 3.65. The summed E-state index contributed by atoms with van der Waals surface area (Å²) < 4.78 is 5.61. The van der Waals surface area contributed by atoms with E-state index in [2.05, 4.69) is 10.6 Å². The molecule has 1 saturated heterocycles. The number of ether oxygens (including phenoxy) is 1. The second-order valence-corrected chi connectivity index (χ2v) is 5.32. The summed E-state index contributed by atoms with van der Waals surface area (Å²) in [6.07, 6.45) is 1.91. The highest BCUT2D eigenvalue weighted by atomic mass is 16.6. The van der Waals surface area contributed by atoms with Gasteiger partial charge in [0.1, 0.15) is 5.69 Å². The second kappa shape index (κ2) is 6.09. The molecule has 0 bridgehead atoms. The van der Waals surface area contributed by atoms with Gasteiger partial charge in [-0.1, -0.05) is 0 Å². The fourth-order valence-corrected chi connectivity index (χ4v) is 2.38. The Morgan fingerprint density at radius 1 is 1.52 bits per heavy atom. The van der Waals surface area contributed by atoms with Gasteiger partial charge < -0.3 is 15.4 Å². The summed E-state index contributed by atoms with van der Waals surface area (Å²) in [4.78, 5) is 22.5. The molecule has 2 N–H and O–H groups in total. The van der Waals surface area contributed by atoms with Gasteiger partial charge in [0.25, 0.3) is 11.6 Å². The number of hydrogen-bond acceptors (Lipinski definition) is 5. The first-order valence-corrected chi connectivity index (χ1v) is 6.83. The zero-order chi connectivity index (χ0) is 15.5. The number of nitrogens with one attached hydrogen (secondary N) is 2. The maximum atomic E-state index is 12.1. The van der Waals surface area contributed by atoms with Crippen LogP contribution in [0.15, 0.2) is 18.2 Å². The Labute approximate surface area is 122 Å². The Hall–Kier alpha value is -2.15. The fourth-order valence-electron chi connectivity index (χ4n) is 2.38. The van der Waals surface area contributed by atoms with E-state index in [4.69, 9.17) is 4.74 Å². The molecule has 1 aromatic carbocycles. The summed E-state index contributed by atoms with van der Waals surface area (Å²) in [7, 11) is 1.58. The molecule has 1 heterocycles. The SMILES string of the molecule is CNc1cc(C(=O)NCC2(C)CCCO2)ccc1[N+](=O)[O-]. The minimum atomic E-state index is -0.485. The predicted molar refractivity (Wildman–Crippen MR) is 78.6 cm³/mol. The third-order valence-corrected chi connectivity index (χ3v) is 3.65. The number of carbonyl (C=O) groups is 1. The topological polar surface area (TPSA) is 93.5 Å². The minimum absolute atomic E-state index is 0.0554. The fraction of sp³-hybridized carbons (Fsp3) is 0.500. The summed E-state index contributed by atoms with van der Waals surface area (Å²) in [6.45, 7) is 3.11. The van der Waals surface area contributed by atoms with Gasteiger partial charge in [0.2, 0.25) is 0 Å². The van der Waals surface area contributed by atoms with Crippen LogP contribution in [0.2, 0.25) is 0 Å². The lowest BCUT2D eigenvalue weighted by molar-refractivity contribution is -0.383. The first-order chi connectivity index (χ1) is 9.95. The molecule has 1 atom stereocenters. The number of anilines is 1. The van der Waals surface area contributed by atoms with Gasteiger partial charge >= 0.3 is 0 Å². The van der Waals surface area contributed by atoms with Crippen LogP contribution in [0.4, 0.5) is 11.4 Å². The lowest BCUT2D eigenvalue weighted by atomic mass is 10.0. The highest BCUT2D eigenvalue weighted by molar-refractivity contribution is 5.95. The van der Waals surface area contributed by atoms with Gasteiger partial charge in [0.15, 0.2) is 0 Å². The van der Waals surface area contributed by atoms with Crippen LogP contribution in [0.3, 0.4) is 0 Å². The molecule has 1 aromatic rings. The van der Waals surface area contributed by atoms with E-state index in [1.54, 1.807) is 7.05 Å². The largest absolute Gasteiger partial charge is 0.383 e. The Morgan fingerprint density at radius 3 is 2.86 bits per heavy atom. The van der Waals surface area contributed by atoms with Gasteiger partial charge in [-0.3, -0.25) is 14.9 Å². The number of benzene rings is 1. The molecule has 1 fully saturated rings. The molecule has 1 aliphatic rings. The van der Waals surface area contributed by atoms with E-state index in [-0.39, 0.29) is 17.2 Å². The molecule has 0 aromatic heterocycles. The normalized spacial score (nSPS) is 21.0. The Kier molecular flexibility index (Phi) is 4.42. The van der Waals surface area contributed by atoms with Gasteiger partial charge in [-0.25, -0.2) is 0 Å². The van der Waals surface area contributed by atoms with Gasteiger partial charge in [-0.05, 0) is 31.9 Å². The van der Waals surface area contributed by atoms with Crippen molar-refractivity contribution in [1.29, 1.82) is 0 Å². The molecule has 1 unspecified atom stereocenters. The number of amides is 1. The molecule has 1 amide bonds. The highest BCUT2D eigenvalue weighted by Gasteiger charge is 2.30. The van der Waals surface area contributed by atoms with Crippen LogP contribution in [-0.2, 0) is 4.74 Å². The van der Waals surface area contributed by atoms with Crippen LogP contribution in [0, 0.1) is 10.1 Å². The number of hydrogen-bond donors (Lipinski definition) is 2. The van der Waals surface area contributed by atoms with Crippen molar-refractivity contribution in [3.8, 4) is 0 Å². The van der Waals surface area contributed by atoms with E-state index in [0.717, 1.165) is 12.8 Å². The van der Waals surface area contributed by atoms with Crippen molar-refractivity contribution < 1.29 is 14.5 Å². The lowest BCUT2D eigenvalue weighted by Crippen LogP contribution is -2.40. The lowest BCUT2D eigenvalue weighted by Gasteiger charge is -2.23. The summed E-state index contributed by atoms with van der Waals surface area (Å²) in [5, 5.41) is 16.4. The number of nitro groups is 1. The number of rotatable bonds is 5. The van der Waals surface area contributed by atoms with E-state index in [1.165, 1.54) is 18.2 Å². The van der Waals surface area contributed by atoms with E-state index >= 15 is 0 Å². The Morgan fingerprint density at radius 2 is 2.29 bits per heavy atom. The first kappa shape index (κ1) is 15.2. The maximum Gasteiger partial charge on any atom is 0.292 e. The Bertz CT molecular complexity index is 553. The average molecular weight is 293 g/mol. The molecule has 1 aliphatic heterocycles. The van der Waals surface area contributed by atoms with Gasteiger partial charge in [-0.15, -0.1) is 0 Å². The molecule has 0 saturated carbocycles. The predicted octanol–water partition coefficient (Wildman–Crippen LogP) is 1.94. The molecule has 0 spiro atoms. The molecule has 0 radical (unpaired) electrons. The molecule has 7 nitrogen and oxygen atoms in total. The quantitative estimate of drug-likeness (QED) is 0.639. The van der Waals surface area contributed by atoms with Gasteiger partial charge in [-0.2, -0.15) is 0 Å². The van der Waals surface area contributed by atoms with E-state index < -0.39 is 4.92 Å². The highest BCUT2D eigenvalue weighted by Crippen LogP contribution is 2.26. The summed E-state index contributed by atoms with van der Waals surface area (Å²) >= 11 is 0. The van der Waals surface area contributed by atoms with Crippen LogP contribution < -0.4 is 10.6 Å². The average Bonchev–Trinajstić information content (AvgIpc) is 2.91. The van der Waals surface area contributed by atoms with Gasteiger partial charge in [0, 0.05) is 31.8 Å². The summed E-state index contributed by atoms with van der Waals surface area (Å²) in [5.41, 5.74) is 0.324. The molecule has 0 aliphatic carbocycles. The molecule has 114 valence electrons. The number of nitrogens with zero attached hydrogens (tertiary/aromatic N) is 1. The van der Waals surface area contributed by atoms with Crippen molar-refractivity contribution >= 4 is 17.3 Å². The first-order valence-electron chi connectivity index (χ1n) is 6.83. The van der Waals surface area contributed by atoms with Crippen LogP contribution in [0.1, 0.15) is 30.1 Å². The van der Waals surface area contributed by atoms with E-state index in [1.807, 2.05) is 6.92 Å². The second-order valence-electron chi connectivity index (χ2n) is 5.32. The van der Waals surface area contributed by atoms with Crippen LogP contribution in [0.25, 0.3) is 0 Å². The van der Waals surface area contributed by atoms with E-state index in [0.29, 0.717) is 24.4 Å². The van der Waals surface area contributed by atoms with Crippen molar-refractivity contribution in [2.75, 3.05) is 25.5 Å². The molecule has 21 heavy (non-hydrogen) atoms. The van der Waals surface area contributed by atoms with Crippen LogP contribution in [-0.4, -0.2) is 36.6 Å². The van der Waals surface area contributed by atoms with Crippen molar-refractivity contribution in [3.05, 3.63) is 33.9 Å². The third kappa shape index (κ3) is 3.49. The number of nitro benzene ring substituents is 1. The standard InChI is InChI=1S/C14H19N3O4/c1-14(6-3-7-21-14)9-16-13(18)10-4-5-12(17(19)20)11(8-10)15-2/h4-5,8,15H,3,6-7,9H2,1-2H3,(H,16,18). The monoisotopic (exact) mass is 293 g/mol. The van der Waals surface area contributed by atoms with Crippen molar-refractivity contribution in [3.63, 3.8) is 0 Å². The van der Waals surface area contributed by atoms with Crippen molar-refractivity contribution in [2.45, 2.75) is 25.4 Å². The summed E-state index contributed by atoms with van der Waals surface area (Å²) in [6, 6.07) is 4.26. The zero-order valence-electron chi connectivity index (χ0n) is 12.1. The summed E-state index contributed by atoms with van der Waals surface area (Å²) in [5.74, 6) is -0.266. The van der Waals surface area contributed by atoms with E-state index in [9.17, 15) is 14.9 Å².